The molecule has 0 aliphatic carbocycles. The van der Waals surface area contributed by atoms with Crippen LogP contribution in [0.2, 0.25) is 0 Å². The lowest BCUT2D eigenvalue weighted by molar-refractivity contribution is -0.147. The SMILES string of the molecule is Cc1cc(C(=O)CCC(=O)OCC(N)=O)c(C)s1. The molecule has 5 nitrogen and oxygen atoms in total. The lowest BCUT2D eigenvalue weighted by atomic mass is 10.1. The average molecular weight is 269 g/mol. The minimum atomic E-state index is -0.709. The third kappa shape index (κ3) is 4.29. The van der Waals surface area contributed by atoms with Gasteiger partial charge in [0.05, 0.1) is 6.42 Å². The Kier molecular flexibility index (Phi) is 5.03. The van der Waals surface area contributed by atoms with Crippen molar-refractivity contribution in [3.8, 4) is 0 Å². The zero-order chi connectivity index (χ0) is 13.7. The molecule has 18 heavy (non-hydrogen) atoms. The summed E-state index contributed by atoms with van der Waals surface area (Å²) < 4.78 is 4.56. The zero-order valence-corrected chi connectivity index (χ0v) is 11.1. The smallest absolute Gasteiger partial charge is 0.306 e. The van der Waals surface area contributed by atoms with Gasteiger partial charge in [-0.15, -0.1) is 11.3 Å². The fraction of sp³-hybridized carbons (Fsp3) is 0.417. The van der Waals surface area contributed by atoms with Crippen LogP contribution in [0.25, 0.3) is 0 Å². The molecule has 0 aliphatic heterocycles. The maximum absolute atomic E-state index is 11.8. The van der Waals surface area contributed by atoms with Crippen molar-refractivity contribution in [2.45, 2.75) is 26.7 Å². The third-order valence-corrected chi connectivity index (χ3v) is 3.24. The first-order valence-corrected chi connectivity index (χ1v) is 6.26. The van der Waals surface area contributed by atoms with Gasteiger partial charge in [0.25, 0.3) is 5.91 Å². The van der Waals surface area contributed by atoms with Gasteiger partial charge in [-0.25, -0.2) is 0 Å². The topological polar surface area (TPSA) is 86.5 Å². The van der Waals surface area contributed by atoms with E-state index in [2.05, 4.69) is 4.74 Å². The fourth-order valence-electron chi connectivity index (χ4n) is 1.48. The maximum atomic E-state index is 11.8. The van der Waals surface area contributed by atoms with Crippen LogP contribution < -0.4 is 5.73 Å². The van der Waals surface area contributed by atoms with Crippen molar-refractivity contribution in [2.75, 3.05) is 6.61 Å². The molecule has 0 fully saturated rings. The summed E-state index contributed by atoms with van der Waals surface area (Å²) in [5.41, 5.74) is 5.48. The Morgan fingerprint density at radius 3 is 2.44 bits per heavy atom. The van der Waals surface area contributed by atoms with Gasteiger partial charge in [0, 0.05) is 21.7 Å². The van der Waals surface area contributed by atoms with E-state index in [0.29, 0.717) is 5.56 Å². The van der Waals surface area contributed by atoms with E-state index < -0.39 is 18.5 Å². The molecule has 0 aliphatic rings. The summed E-state index contributed by atoms with van der Waals surface area (Å²) in [7, 11) is 0. The molecule has 0 atom stereocenters. The molecule has 1 heterocycles. The highest BCUT2D eigenvalue weighted by atomic mass is 32.1. The first kappa shape index (κ1) is 14.4. The predicted molar refractivity (Wildman–Crippen MR) is 67.5 cm³/mol. The van der Waals surface area contributed by atoms with Crippen molar-refractivity contribution >= 4 is 29.0 Å². The molecule has 98 valence electrons. The molecule has 0 spiro atoms. The number of aryl methyl sites for hydroxylation is 2. The highest BCUT2D eigenvalue weighted by molar-refractivity contribution is 7.12. The number of Topliss-reactive ketones (excluding diaryl/α,β-unsaturated/α-hetero) is 1. The minimum absolute atomic E-state index is 0.0412. The summed E-state index contributed by atoms with van der Waals surface area (Å²) in [6.45, 7) is 3.36. The van der Waals surface area contributed by atoms with Crippen molar-refractivity contribution in [1.29, 1.82) is 0 Å². The van der Waals surface area contributed by atoms with E-state index in [-0.39, 0.29) is 18.6 Å². The van der Waals surface area contributed by atoms with E-state index in [1.54, 1.807) is 11.3 Å². The van der Waals surface area contributed by atoms with Crippen LogP contribution in [-0.4, -0.2) is 24.3 Å². The molecule has 0 unspecified atom stereocenters. The Morgan fingerprint density at radius 2 is 1.94 bits per heavy atom. The number of ether oxygens (including phenoxy) is 1. The van der Waals surface area contributed by atoms with Gasteiger partial charge in [-0.1, -0.05) is 0 Å². The number of rotatable bonds is 6. The minimum Gasteiger partial charge on any atom is -0.456 e. The van der Waals surface area contributed by atoms with Gasteiger partial charge in [0.2, 0.25) is 0 Å². The number of carbonyl (C=O) groups excluding carboxylic acids is 3. The number of hydrogen-bond donors (Lipinski definition) is 1. The summed E-state index contributed by atoms with van der Waals surface area (Å²) in [5, 5.41) is 0. The van der Waals surface area contributed by atoms with Crippen LogP contribution >= 0.6 is 11.3 Å². The van der Waals surface area contributed by atoms with Crippen molar-refractivity contribution in [2.24, 2.45) is 5.73 Å². The number of carbonyl (C=O) groups is 3. The van der Waals surface area contributed by atoms with Crippen LogP contribution in [0.3, 0.4) is 0 Å². The second-order valence-corrected chi connectivity index (χ2v) is 5.34. The molecule has 1 aromatic heterocycles. The second kappa shape index (κ2) is 6.30. The first-order chi connectivity index (χ1) is 8.40. The summed E-state index contributed by atoms with van der Waals surface area (Å²) in [5.74, 6) is -1.39. The molecular weight excluding hydrogens is 254 g/mol. The highest BCUT2D eigenvalue weighted by Gasteiger charge is 2.14. The molecule has 6 heteroatoms. The molecule has 0 saturated carbocycles. The highest BCUT2D eigenvalue weighted by Crippen LogP contribution is 2.22. The lowest BCUT2D eigenvalue weighted by Gasteiger charge is -2.02. The van der Waals surface area contributed by atoms with E-state index in [1.165, 1.54) is 0 Å². The van der Waals surface area contributed by atoms with Crippen molar-refractivity contribution in [3.63, 3.8) is 0 Å². The first-order valence-electron chi connectivity index (χ1n) is 5.44. The van der Waals surface area contributed by atoms with E-state index in [4.69, 9.17) is 5.73 Å². The van der Waals surface area contributed by atoms with Crippen LogP contribution in [-0.2, 0) is 14.3 Å². The van der Waals surface area contributed by atoms with Gasteiger partial charge < -0.3 is 10.5 Å². The van der Waals surface area contributed by atoms with Gasteiger partial charge in [-0.2, -0.15) is 0 Å². The van der Waals surface area contributed by atoms with Crippen molar-refractivity contribution in [1.82, 2.24) is 0 Å². The average Bonchev–Trinajstić information content (AvgIpc) is 2.62. The van der Waals surface area contributed by atoms with Gasteiger partial charge >= 0.3 is 5.97 Å². The molecule has 0 bridgehead atoms. The van der Waals surface area contributed by atoms with Crippen LogP contribution in [0.1, 0.15) is 33.0 Å². The zero-order valence-electron chi connectivity index (χ0n) is 10.3. The van der Waals surface area contributed by atoms with Crippen LogP contribution in [0.4, 0.5) is 0 Å². The van der Waals surface area contributed by atoms with Crippen LogP contribution in [0.5, 0.6) is 0 Å². The van der Waals surface area contributed by atoms with Gasteiger partial charge in [0.1, 0.15) is 0 Å². The summed E-state index contributed by atoms with van der Waals surface area (Å²) in [4.78, 5) is 35.4. The Hall–Kier alpha value is -1.69. The lowest BCUT2D eigenvalue weighted by Crippen LogP contribution is -2.21. The van der Waals surface area contributed by atoms with E-state index >= 15 is 0 Å². The Morgan fingerprint density at radius 1 is 1.28 bits per heavy atom. The van der Waals surface area contributed by atoms with Crippen molar-refractivity contribution in [3.05, 3.63) is 21.4 Å². The molecule has 1 rings (SSSR count). The number of thiophene rings is 1. The number of amides is 1. The fourth-order valence-corrected chi connectivity index (χ4v) is 2.42. The molecule has 1 aromatic rings. The molecular formula is C12H15NO4S. The van der Waals surface area contributed by atoms with Crippen LogP contribution in [0, 0.1) is 13.8 Å². The number of primary amides is 1. The van der Waals surface area contributed by atoms with Gasteiger partial charge in [-0.05, 0) is 19.9 Å². The monoisotopic (exact) mass is 269 g/mol. The molecule has 1 amide bonds. The number of ketones is 1. The molecule has 0 radical (unpaired) electrons. The Bertz CT molecular complexity index is 478. The second-order valence-electron chi connectivity index (χ2n) is 3.88. The number of esters is 1. The summed E-state index contributed by atoms with van der Waals surface area (Å²) in [6, 6.07) is 1.82. The molecule has 0 aromatic carbocycles. The Labute approximate surface area is 109 Å². The van der Waals surface area contributed by atoms with E-state index in [1.807, 2.05) is 19.9 Å². The largest absolute Gasteiger partial charge is 0.456 e. The Balaban J connectivity index is 2.44. The van der Waals surface area contributed by atoms with Crippen molar-refractivity contribution < 1.29 is 19.1 Å². The number of hydrogen-bond acceptors (Lipinski definition) is 5. The van der Waals surface area contributed by atoms with E-state index in [9.17, 15) is 14.4 Å². The standard InChI is InChI=1S/C12H15NO4S/c1-7-5-9(8(2)18-7)10(14)3-4-12(16)17-6-11(13)15/h5H,3-4,6H2,1-2H3,(H2,13,15). The van der Waals surface area contributed by atoms with E-state index in [0.717, 1.165) is 9.75 Å². The normalized spacial score (nSPS) is 10.1. The molecule has 0 saturated heterocycles. The van der Waals surface area contributed by atoms with Crippen LogP contribution in [0.15, 0.2) is 6.07 Å². The summed E-state index contributed by atoms with van der Waals surface area (Å²) in [6.07, 6.45) is 0.0368. The third-order valence-electron chi connectivity index (χ3n) is 2.27. The molecule has 2 N–H and O–H groups in total. The summed E-state index contributed by atoms with van der Waals surface area (Å²) >= 11 is 1.55. The maximum Gasteiger partial charge on any atom is 0.306 e. The quantitative estimate of drug-likeness (QED) is 0.624. The number of nitrogens with two attached hydrogens (primary N) is 1. The van der Waals surface area contributed by atoms with Gasteiger partial charge in [0.15, 0.2) is 12.4 Å². The predicted octanol–water partition coefficient (Wildman–Crippen LogP) is 1.36. The van der Waals surface area contributed by atoms with Gasteiger partial charge in [-0.3, -0.25) is 14.4 Å².